The highest BCUT2D eigenvalue weighted by atomic mass is 16.7. The standard InChI is InChI=1S/C21H27N3O4/c1-2-15-3-5-17(6-4-15)18-11-19(28-21(26)27)14-24(13-18)20(25)23-9-7-16(12-22)8-10-23/h3-6,16,18-19H,2,7-11,13-14H2,1H3,(H,26,27). The van der Waals surface area contributed by atoms with Crippen LogP contribution in [-0.4, -0.2) is 59.4 Å². The van der Waals surface area contributed by atoms with Crippen molar-refractivity contribution in [3.63, 3.8) is 0 Å². The molecule has 2 saturated heterocycles. The maximum atomic E-state index is 13.0. The number of ether oxygens (including phenoxy) is 1. The molecule has 2 aliphatic heterocycles. The molecule has 2 fully saturated rings. The van der Waals surface area contributed by atoms with E-state index in [9.17, 15) is 9.59 Å². The predicted molar refractivity (Wildman–Crippen MR) is 103 cm³/mol. The van der Waals surface area contributed by atoms with Crippen molar-refractivity contribution in [3.8, 4) is 6.07 Å². The molecule has 150 valence electrons. The number of hydrogen-bond donors (Lipinski definition) is 1. The fourth-order valence-electron chi connectivity index (χ4n) is 4.10. The molecular formula is C21H27N3O4. The van der Waals surface area contributed by atoms with Crippen molar-refractivity contribution in [1.82, 2.24) is 9.80 Å². The van der Waals surface area contributed by atoms with Crippen molar-refractivity contribution in [2.45, 2.75) is 44.6 Å². The van der Waals surface area contributed by atoms with Gasteiger partial charge in [-0.25, -0.2) is 9.59 Å². The Balaban J connectivity index is 1.73. The molecule has 3 rings (SSSR count). The van der Waals surface area contributed by atoms with Crippen LogP contribution >= 0.6 is 0 Å². The number of piperidine rings is 2. The number of hydrogen-bond acceptors (Lipinski definition) is 4. The van der Waals surface area contributed by atoms with E-state index in [1.54, 1.807) is 9.80 Å². The average molecular weight is 385 g/mol. The number of nitrogens with zero attached hydrogens (tertiary/aromatic N) is 3. The lowest BCUT2D eigenvalue weighted by Crippen LogP contribution is -2.53. The number of carbonyl (C=O) groups is 2. The SMILES string of the molecule is CCc1ccc(C2CC(OC(=O)O)CN(C(=O)N3CCC(C#N)CC3)C2)cc1. The lowest BCUT2D eigenvalue weighted by molar-refractivity contribution is 0.0110. The number of rotatable bonds is 3. The third-order valence-corrected chi connectivity index (χ3v) is 5.76. The summed E-state index contributed by atoms with van der Waals surface area (Å²) in [6, 6.07) is 10.5. The minimum absolute atomic E-state index is 0.0123. The number of urea groups is 1. The fraction of sp³-hybridized carbons (Fsp3) is 0.571. The molecule has 7 heteroatoms. The largest absolute Gasteiger partial charge is 0.506 e. The molecule has 1 N–H and O–H groups in total. The van der Waals surface area contributed by atoms with E-state index in [4.69, 9.17) is 15.1 Å². The summed E-state index contributed by atoms with van der Waals surface area (Å²) in [4.78, 5) is 27.6. The zero-order chi connectivity index (χ0) is 20.1. The van der Waals surface area contributed by atoms with Gasteiger partial charge in [-0.3, -0.25) is 0 Å². The van der Waals surface area contributed by atoms with Crippen molar-refractivity contribution in [2.24, 2.45) is 5.92 Å². The molecule has 28 heavy (non-hydrogen) atoms. The van der Waals surface area contributed by atoms with E-state index < -0.39 is 12.3 Å². The third-order valence-electron chi connectivity index (χ3n) is 5.76. The van der Waals surface area contributed by atoms with Crippen LogP contribution in [0, 0.1) is 17.2 Å². The molecule has 2 heterocycles. The second-order valence-corrected chi connectivity index (χ2v) is 7.61. The van der Waals surface area contributed by atoms with Gasteiger partial charge < -0.3 is 19.6 Å². The summed E-state index contributed by atoms with van der Waals surface area (Å²) in [5.41, 5.74) is 2.34. The van der Waals surface area contributed by atoms with Gasteiger partial charge in [-0.05, 0) is 36.8 Å². The Morgan fingerprint density at radius 1 is 1.18 bits per heavy atom. The lowest BCUT2D eigenvalue weighted by atomic mass is 9.88. The van der Waals surface area contributed by atoms with Crippen LogP contribution in [0.5, 0.6) is 0 Å². The quantitative estimate of drug-likeness (QED) is 0.804. The number of carbonyl (C=O) groups excluding carboxylic acids is 1. The van der Waals surface area contributed by atoms with Crippen molar-refractivity contribution in [1.29, 1.82) is 5.26 Å². The van der Waals surface area contributed by atoms with Crippen LogP contribution in [0.3, 0.4) is 0 Å². The van der Waals surface area contributed by atoms with Gasteiger partial charge in [0, 0.05) is 31.5 Å². The molecule has 2 amide bonds. The fourth-order valence-corrected chi connectivity index (χ4v) is 4.10. The van der Waals surface area contributed by atoms with Crippen LogP contribution in [0.1, 0.15) is 43.2 Å². The van der Waals surface area contributed by atoms with Crippen molar-refractivity contribution in [2.75, 3.05) is 26.2 Å². The van der Waals surface area contributed by atoms with E-state index in [0.717, 1.165) is 12.0 Å². The number of benzene rings is 1. The zero-order valence-electron chi connectivity index (χ0n) is 16.2. The van der Waals surface area contributed by atoms with E-state index >= 15 is 0 Å². The van der Waals surface area contributed by atoms with Crippen LogP contribution in [0.4, 0.5) is 9.59 Å². The molecule has 2 atom stereocenters. The third kappa shape index (κ3) is 4.75. The van der Waals surface area contributed by atoms with Gasteiger partial charge in [0.2, 0.25) is 0 Å². The first-order valence-electron chi connectivity index (χ1n) is 9.92. The monoisotopic (exact) mass is 385 g/mol. The molecule has 2 unspecified atom stereocenters. The molecule has 0 aromatic heterocycles. The van der Waals surface area contributed by atoms with Gasteiger partial charge >= 0.3 is 12.2 Å². The van der Waals surface area contributed by atoms with Crippen LogP contribution in [0.25, 0.3) is 0 Å². The van der Waals surface area contributed by atoms with Crippen LogP contribution in [-0.2, 0) is 11.2 Å². The van der Waals surface area contributed by atoms with Gasteiger partial charge in [0.05, 0.1) is 12.6 Å². The summed E-state index contributed by atoms with van der Waals surface area (Å²) >= 11 is 0. The van der Waals surface area contributed by atoms with Crippen molar-refractivity contribution in [3.05, 3.63) is 35.4 Å². The predicted octanol–water partition coefficient (Wildman–Crippen LogP) is 3.46. The van der Waals surface area contributed by atoms with E-state index in [1.165, 1.54) is 5.56 Å². The van der Waals surface area contributed by atoms with Gasteiger partial charge in [0.25, 0.3) is 0 Å². The first kappa shape index (κ1) is 20.0. The number of likely N-dealkylation sites (tertiary alicyclic amines) is 2. The van der Waals surface area contributed by atoms with Crippen LogP contribution in [0.15, 0.2) is 24.3 Å². The minimum Gasteiger partial charge on any atom is -0.450 e. The second kappa shape index (κ2) is 8.96. The van der Waals surface area contributed by atoms with Gasteiger partial charge in [0.15, 0.2) is 0 Å². The van der Waals surface area contributed by atoms with Crippen LogP contribution < -0.4 is 0 Å². The maximum absolute atomic E-state index is 13.0. The highest BCUT2D eigenvalue weighted by Gasteiger charge is 2.35. The van der Waals surface area contributed by atoms with E-state index in [2.05, 4.69) is 37.3 Å². The first-order chi connectivity index (χ1) is 13.5. The van der Waals surface area contributed by atoms with E-state index in [0.29, 0.717) is 38.9 Å². The summed E-state index contributed by atoms with van der Waals surface area (Å²) in [5, 5.41) is 18.1. The average Bonchev–Trinajstić information content (AvgIpc) is 2.72. The Morgan fingerprint density at radius 2 is 1.86 bits per heavy atom. The number of nitriles is 1. The molecule has 1 aromatic rings. The first-order valence-corrected chi connectivity index (χ1v) is 9.92. The lowest BCUT2D eigenvalue weighted by Gasteiger charge is -2.40. The highest BCUT2D eigenvalue weighted by Crippen LogP contribution is 2.30. The molecule has 2 aliphatic rings. The summed E-state index contributed by atoms with van der Waals surface area (Å²) in [5.74, 6) is 0.0444. The Bertz CT molecular complexity index is 735. The smallest absolute Gasteiger partial charge is 0.450 e. The molecule has 0 spiro atoms. The van der Waals surface area contributed by atoms with Gasteiger partial charge in [0.1, 0.15) is 6.10 Å². The molecule has 0 aliphatic carbocycles. The Morgan fingerprint density at radius 3 is 2.43 bits per heavy atom. The minimum atomic E-state index is -1.31. The molecular weight excluding hydrogens is 358 g/mol. The molecule has 0 saturated carbocycles. The highest BCUT2D eigenvalue weighted by molar-refractivity contribution is 5.75. The summed E-state index contributed by atoms with van der Waals surface area (Å²) in [7, 11) is 0. The Hall–Kier alpha value is -2.75. The van der Waals surface area contributed by atoms with Crippen LogP contribution in [0.2, 0.25) is 0 Å². The Labute approximate surface area is 165 Å². The van der Waals surface area contributed by atoms with Gasteiger partial charge in [-0.2, -0.15) is 5.26 Å². The van der Waals surface area contributed by atoms with Gasteiger partial charge in [-0.15, -0.1) is 0 Å². The second-order valence-electron chi connectivity index (χ2n) is 7.61. The molecule has 0 radical (unpaired) electrons. The van der Waals surface area contributed by atoms with Crippen molar-refractivity contribution < 1.29 is 19.4 Å². The molecule has 0 bridgehead atoms. The summed E-state index contributed by atoms with van der Waals surface area (Å²) in [6.45, 7) is 4.04. The number of amides is 2. The van der Waals surface area contributed by atoms with E-state index in [-0.39, 0.29) is 24.4 Å². The topological polar surface area (TPSA) is 93.9 Å². The zero-order valence-corrected chi connectivity index (χ0v) is 16.2. The van der Waals surface area contributed by atoms with Gasteiger partial charge in [-0.1, -0.05) is 31.2 Å². The summed E-state index contributed by atoms with van der Waals surface area (Å²) < 4.78 is 5.05. The molecule has 1 aromatic carbocycles. The maximum Gasteiger partial charge on any atom is 0.506 e. The van der Waals surface area contributed by atoms with Crippen molar-refractivity contribution >= 4 is 12.2 Å². The number of carboxylic acid groups (broad SMARTS) is 1. The number of aryl methyl sites for hydroxylation is 1. The Kier molecular flexibility index (Phi) is 6.40. The summed E-state index contributed by atoms with van der Waals surface area (Å²) in [6.07, 6.45) is 1.05. The molecule has 7 nitrogen and oxygen atoms in total. The normalized spacial score (nSPS) is 23.1. The van der Waals surface area contributed by atoms with E-state index in [1.807, 2.05) is 0 Å².